The summed E-state index contributed by atoms with van der Waals surface area (Å²) in [6, 6.07) is 0. The van der Waals surface area contributed by atoms with Gasteiger partial charge in [0, 0.05) is 0 Å². The van der Waals surface area contributed by atoms with Gasteiger partial charge in [-0.1, -0.05) is 34.4 Å². The summed E-state index contributed by atoms with van der Waals surface area (Å²) in [4.78, 5) is 0. The highest BCUT2D eigenvalue weighted by molar-refractivity contribution is 8.77. The first-order valence-electron chi connectivity index (χ1n) is 3.55. The van der Waals surface area contributed by atoms with Crippen LogP contribution >= 0.6 is 68.2 Å². The number of rotatable bonds is 4. The molecule has 0 radical (unpaired) electrons. The van der Waals surface area contributed by atoms with Crippen molar-refractivity contribution in [3.05, 3.63) is 3.95 Å². The second-order valence-electron chi connectivity index (χ2n) is 2.08. The molecular formula is C5H4N4S6. The number of H-pyrrole nitrogens is 1. The van der Waals surface area contributed by atoms with Crippen LogP contribution in [0.25, 0.3) is 0 Å². The lowest BCUT2D eigenvalue weighted by Crippen LogP contribution is -1.69. The lowest BCUT2D eigenvalue weighted by molar-refractivity contribution is 0.958. The number of hydrogen-bond donors (Lipinski definition) is 1. The van der Waals surface area contributed by atoms with Gasteiger partial charge in [0.25, 0.3) is 0 Å². The maximum atomic E-state index is 4.94. The number of aromatic amines is 1. The van der Waals surface area contributed by atoms with Crippen molar-refractivity contribution >= 4 is 68.2 Å². The van der Waals surface area contributed by atoms with Crippen molar-refractivity contribution in [1.82, 2.24) is 20.4 Å². The molecule has 0 bridgehead atoms. The van der Waals surface area contributed by atoms with E-state index in [9.17, 15) is 0 Å². The Kier molecular flexibility index (Phi) is 4.46. The van der Waals surface area contributed by atoms with Gasteiger partial charge in [-0.05, 0) is 40.1 Å². The fraction of sp³-hybridized carbons (Fsp3) is 0.200. The molecule has 0 atom stereocenters. The normalized spacial score (nSPS) is 10.7. The Morgan fingerprint density at radius 3 is 2.47 bits per heavy atom. The monoisotopic (exact) mass is 312 g/mol. The molecule has 0 amide bonds. The molecule has 15 heavy (non-hydrogen) atoms. The SMILES string of the molecule is CSc1nnc(SSc2n[nH]c(=S)s2)s1. The van der Waals surface area contributed by atoms with Gasteiger partial charge in [0.1, 0.15) is 0 Å². The highest BCUT2D eigenvalue weighted by Crippen LogP contribution is 2.40. The van der Waals surface area contributed by atoms with Gasteiger partial charge in [0.15, 0.2) is 17.0 Å². The zero-order chi connectivity index (χ0) is 10.7. The fourth-order valence-electron chi connectivity index (χ4n) is 0.636. The Morgan fingerprint density at radius 1 is 1.13 bits per heavy atom. The molecule has 2 rings (SSSR count). The summed E-state index contributed by atoms with van der Waals surface area (Å²) in [5.41, 5.74) is 0. The van der Waals surface area contributed by atoms with Crippen LogP contribution in [0.3, 0.4) is 0 Å². The van der Waals surface area contributed by atoms with Gasteiger partial charge in [-0.3, -0.25) is 5.10 Å². The molecule has 2 heterocycles. The summed E-state index contributed by atoms with van der Waals surface area (Å²) in [5, 5.41) is 14.8. The van der Waals surface area contributed by atoms with Crippen LogP contribution in [-0.4, -0.2) is 26.7 Å². The molecule has 4 nitrogen and oxygen atoms in total. The van der Waals surface area contributed by atoms with Crippen molar-refractivity contribution in [3.63, 3.8) is 0 Å². The average molecular weight is 313 g/mol. The molecule has 0 saturated heterocycles. The zero-order valence-corrected chi connectivity index (χ0v) is 12.2. The molecule has 0 saturated carbocycles. The highest BCUT2D eigenvalue weighted by atomic mass is 33.1. The van der Waals surface area contributed by atoms with Crippen LogP contribution < -0.4 is 0 Å². The maximum Gasteiger partial charge on any atom is 0.186 e. The van der Waals surface area contributed by atoms with E-state index >= 15 is 0 Å². The lowest BCUT2D eigenvalue weighted by atomic mass is 11.6. The summed E-state index contributed by atoms with van der Waals surface area (Å²) < 4.78 is 3.52. The molecule has 10 heteroatoms. The third-order valence-electron chi connectivity index (χ3n) is 1.17. The molecule has 0 aliphatic carbocycles. The average Bonchev–Trinajstić information content (AvgIpc) is 2.83. The first-order chi connectivity index (χ1) is 7.28. The minimum absolute atomic E-state index is 0.695. The third-order valence-corrected chi connectivity index (χ3v) is 7.11. The van der Waals surface area contributed by atoms with Crippen molar-refractivity contribution < 1.29 is 0 Å². The molecule has 0 spiro atoms. The minimum atomic E-state index is 0.695. The van der Waals surface area contributed by atoms with Gasteiger partial charge in [-0.15, -0.1) is 10.2 Å². The van der Waals surface area contributed by atoms with Crippen molar-refractivity contribution in [3.8, 4) is 0 Å². The van der Waals surface area contributed by atoms with Crippen molar-refractivity contribution in [2.45, 2.75) is 13.0 Å². The topological polar surface area (TPSA) is 54.5 Å². The Balaban J connectivity index is 1.95. The predicted octanol–water partition coefficient (Wildman–Crippen LogP) is 3.57. The largest absolute Gasteiger partial charge is 0.257 e. The molecule has 0 aliphatic rings. The van der Waals surface area contributed by atoms with E-state index in [1.54, 1.807) is 44.7 Å². The smallest absolute Gasteiger partial charge is 0.186 e. The number of nitrogens with one attached hydrogen (secondary N) is 1. The van der Waals surface area contributed by atoms with Gasteiger partial charge >= 0.3 is 0 Å². The number of aromatic nitrogens is 4. The quantitative estimate of drug-likeness (QED) is 0.526. The van der Waals surface area contributed by atoms with E-state index in [2.05, 4.69) is 20.4 Å². The van der Waals surface area contributed by atoms with Crippen LogP contribution in [0.15, 0.2) is 13.0 Å². The fourth-order valence-corrected chi connectivity index (χ4v) is 5.50. The standard InChI is InChI=1S/C5H4N4S6/c1-11-3-7-9-5(13-3)15-14-4-8-6-2(10)12-4/h1H3,(H,6,10). The van der Waals surface area contributed by atoms with E-state index < -0.39 is 0 Å². The van der Waals surface area contributed by atoms with Gasteiger partial charge < -0.3 is 0 Å². The number of thioether (sulfide) groups is 1. The van der Waals surface area contributed by atoms with Crippen LogP contribution in [0, 0.1) is 3.95 Å². The molecule has 80 valence electrons. The van der Waals surface area contributed by atoms with Crippen LogP contribution in [-0.2, 0) is 0 Å². The molecule has 2 aromatic heterocycles. The van der Waals surface area contributed by atoms with Crippen molar-refractivity contribution in [2.24, 2.45) is 0 Å². The molecule has 0 aromatic carbocycles. The van der Waals surface area contributed by atoms with Gasteiger partial charge in [0.2, 0.25) is 0 Å². The second-order valence-corrected chi connectivity index (χ2v) is 8.40. The van der Waals surface area contributed by atoms with Gasteiger partial charge in [-0.25, -0.2) is 0 Å². The Hall–Kier alpha value is 0.390. The van der Waals surface area contributed by atoms with E-state index in [4.69, 9.17) is 12.2 Å². The van der Waals surface area contributed by atoms with E-state index in [-0.39, 0.29) is 0 Å². The van der Waals surface area contributed by atoms with E-state index in [0.717, 1.165) is 13.0 Å². The molecule has 2 aromatic rings. The maximum absolute atomic E-state index is 4.94. The second kappa shape index (κ2) is 5.64. The van der Waals surface area contributed by atoms with Crippen molar-refractivity contribution in [1.29, 1.82) is 0 Å². The minimum Gasteiger partial charge on any atom is -0.257 e. The summed E-state index contributed by atoms with van der Waals surface area (Å²) in [6.07, 6.45) is 1.99. The number of hydrogen-bond acceptors (Lipinski definition) is 9. The van der Waals surface area contributed by atoms with Gasteiger partial charge in [-0.2, -0.15) is 5.10 Å². The van der Waals surface area contributed by atoms with Crippen LogP contribution in [0.2, 0.25) is 0 Å². The van der Waals surface area contributed by atoms with Crippen LogP contribution in [0.5, 0.6) is 0 Å². The summed E-state index contributed by atoms with van der Waals surface area (Å²) in [7, 11) is 3.10. The summed E-state index contributed by atoms with van der Waals surface area (Å²) >= 11 is 9.58. The van der Waals surface area contributed by atoms with E-state index in [1.807, 2.05) is 6.26 Å². The third kappa shape index (κ3) is 3.43. The van der Waals surface area contributed by atoms with Gasteiger partial charge in [0.05, 0.1) is 0 Å². The summed E-state index contributed by atoms with van der Waals surface area (Å²) in [5.74, 6) is 0. The molecular weight excluding hydrogens is 308 g/mol. The first kappa shape index (κ1) is 11.9. The molecule has 0 fully saturated rings. The lowest BCUT2D eigenvalue weighted by Gasteiger charge is -1.88. The Morgan fingerprint density at radius 2 is 1.87 bits per heavy atom. The zero-order valence-electron chi connectivity index (χ0n) is 7.29. The molecule has 0 unspecified atom stereocenters. The molecule has 1 N–H and O–H groups in total. The van der Waals surface area contributed by atoms with Crippen molar-refractivity contribution in [2.75, 3.05) is 6.26 Å². The Labute approximate surface area is 111 Å². The number of nitrogens with zero attached hydrogens (tertiary/aromatic N) is 3. The molecule has 0 aliphatic heterocycles. The van der Waals surface area contributed by atoms with E-state index in [0.29, 0.717) is 3.95 Å². The highest BCUT2D eigenvalue weighted by Gasteiger charge is 2.06. The summed E-state index contributed by atoms with van der Waals surface area (Å²) in [6.45, 7) is 0. The predicted molar refractivity (Wildman–Crippen MR) is 70.7 cm³/mol. The van der Waals surface area contributed by atoms with E-state index in [1.165, 1.54) is 11.3 Å². The first-order valence-corrected chi connectivity index (χ1v) is 8.97. The Bertz CT molecular complexity index is 485. The van der Waals surface area contributed by atoms with Crippen LogP contribution in [0.1, 0.15) is 0 Å². The van der Waals surface area contributed by atoms with Crippen LogP contribution in [0.4, 0.5) is 0 Å².